The van der Waals surface area contributed by atoms with Crippen LogP contribution in [0.4, 0.5) is 0 Å². The van der Waals surface area contributed by atoms with Crippen molar-refractivity contribution in [3.8, 4) is 0 Å². The number of carbonyl (C=O) groups excluding carboxylic acids is 2. The molecule has 0 aliphatic heterocycles. The van der Waals surface area contributed by atoms with Gasteiger partial charge in [0.2, 0.25) is 11.8 Å². The third-order valence-electron chi connectivity index (χ3n) is 3.71. The molecule has 0 saturated heterocycles. The van der Waals surface area contributed by atoms with Crippen molar-refractivity contribution in [1.29, 1.82) is 0 Å². The van der Waals surface area contributed by atoms with Gasteiger partial charge in [-0.1, -0.05) is 54.6 Å². The SMILES string of the molecule is CCOCc1ccccc1CNC(=O)CNC(=O)/C=C/c1ccccc1. The normalized spacial score (nSPS) is 10.7. The Morgan fingerprint density at radius 1 is 0.962 bits per heavy atom. The molecule has 5 heteroatoms. The molecule has 2 N–H and O–H groups in total. The Bertz CT molecular complexity index is 742. The topological polar surface area (TPSA) is 67.4 Å². The van der Waals surface area contributed by atoms with Gasteiger partial charge in [-0.3, -0.25) is 9.59 Å². The van der Waals surface area contributed by atoms with E-state index < -0.39 is 0 Å². The summed E-state index contributed by atoms with van der Waals surface area (Å²) in [4.78, 5) is 23.7. The second kappa shape index (κ2) is 10.8. The highest BCUT2D eigenvalue weighted by Gasteiger charge is 2.06. The number of ether oxygens (including phenoxy) is 1. The Labute approximate surface area is 154 Å². The molecular weight excluding hydrogens is 328 g/mol. The second-order valence-corrected chi connectivity index (χ2v) is 5.64. The number of carbonyl (C=O) groups is 2. The summed E-state index contributed by atoms with van der Waals surface area (Å²) in [6.45, 7) is 3.44. The van der Waals surface area contributed by atoms with Crippen molar-refractivity contribution in [2.75, 3.05) is 13.2 Å². The fourth-order valence-corrected chi connectivity index (χ4v) is 2.30. The van der Waals surface area contributed by atoms with Crippen LogP contribution < -0.4 is 10.6 Å². The summed E-state index contributed by atoms with van der Waals surface area (Å²) >= 11 is 0. The summed E-state index contributed by atoms with van der Waals surface area (Å²) < 4.78 is 5.43. The number of benzene rings is 2. The van der Waals surface area contributed by atoms with Gasteiger partial charge in [-0.2, -0.15) is 0 Å². The lowest BCUT2D eigenvalue weighted by Gasteiger charge is -2.11. The molecule has 2 aromatic carbocycles. The number of hydrogen-bond acceptors (Lipinski definition) is 3. The van der Waals surface area contributed by atoms with E-state index in [2.05, 4.69) is 10.6 Å². The number of nitrogens with one attached hydrogen (secondary N) is 2. The summed E-state index contributed by atoms with van der Waals surface area (Å²) in [5, 5.41) is 5.39. The molecule has 0 aromatic heterocycles. The van der Waals surface area contributed by atoms with Crippen LogP contribution in [0.5, 0.6) is 0 Å². The highest BCUT2D eigenvalue weighted by molar-refractivity contribution is 5.94. The molecule has 0 atom stereocenters. The molecule has 0 radical (unpaired) electrons. The Morgan fingerprint density at radius 3 is 2.38 bits per heavy atom. The summed E-state index contributed by atoms with van der Waals surface area (Å²) in [6.07, 6.45) is 3.12. The standard InChI is InChI=1S/C21H24N2O3/c1-2-26-16-19-11-7-6-10-18(19)14-22-21(25)15-23-20(24)13-12-17-8-4-3-5-9-17/h3-13H,2,14-16H2,1H3,(H,22,25)(H,23,24)/b13-12+. The van der Waals surface area contributed by atoms with E-state index in [0.717, 1.165) is 16.7 Å². The van der Waals surface area contributed by atoms with E-state index in [9.17, 15) is 9.59 Å². The second-order valence-electron chi connectivity index (χ2n) is 5.64. The van der Waals surface area contributed by atoms with Crippen molar-refractivity contribution in [2.24, 2.45) is 0 Å². The zero-order valence-corrected chi connectivity index (χ0v) is 14.9. The predicted molar refractivity (Wildman–Crippen MR) is 102 cm³/mol. The van der Waals surface area contributed by atoms with Crippen LogP contribution in [-0.4, -0.2) is 25.0 Å². The lowest BCUT2D eigenvalue weighted by atomic mass is 10.1. The molecule has 2 amide bonds. The van der Waals surface area contributed by atoms with Crippen LogP contribution in [0.15, 0.2) is 60.7 Å². The maximum atomic E-state index is 11.9. The predicted octanol–water partition coefficient (Wildman–Crippen LogP) is 2.67. The summed E-state index contributed by atoms with van der Waals surface area (Å²) in [5.41, 5.74) is 2.98. The average molecular weight is 352 g/mol. The van der Waals surface area contributed by atoms with Gasteiger partial charge in [0.15, 0.2) is 0 Å². The number of rotatable bonds is 9. The smallest absolute Gasteiger partial charge is 0.244 e. The van der Waals surface area contributed by atoms with Crippen LogP contribution in [0.2, 0.25) is 0 Å². The first-order valence-corrected chi connectivity index (χ1v) is 8.61. The van der Waals surface area contributed by atoms with E-state index in [0.29, 0.717) is 19.8 Å². The molecule has 2 rings (SSSR count). The largest absolute Gasteiger partial charge is 0.377 e. The summed E-state index contributed by atoms with van der Waals surface area (Å²) in [7, 11) is 0. The maximum absolute atomic E-state index is 11.9. The molecule has 26 heavy (non-hydrogen) atoms. The van der Waals surface area contributed by atoms with Crippen molar-refractivity contribution in [2.45, 2.75) is 20.1 Å². The third-order valence-corrected chi connectivity index (χ3v) is 3.71. The van der Waals surface area contributed by atoms with Gasteiger partial charge in [0, 0.05) is 19.2 Å². The van der Waals surface area contributed by atoms with E-state index in [1.54, 1.807) is 6.08 Å². The molecule has 2 aromatic rings. The molecule has 136 valence electrons. The molecule has 0 unspecified atom stereocenters. The van der Waals surface area contributed by atoms with Crippen molar-refractivity contribution < 1.29 is 14.3 Å². The van der Waals surface area contributed by atoms with E-state index in [1.165, 1.54) is 6.08 Å². The van der Waals surface area contributed by atoms with E-state index in [4.69, 9.17) is 4.74 Å². The molecule has 0 fully saturated rings. The average Bonchev–Trinajstić information content (AvgIpc) is 2.69. The Kier molecular flexibility index (Phi) is 8.09. The van der Waals surface area contributed by atoms with Crippen LogP contribution in [0.1, 0.15) is 23.6 Å². The minimum Gasteiger partial charge on any atom is -0.377 e. The zero-order chi connectivity index (χ0) is 18.6. The molecule has 0 aliphatic carbocycles. The van der Waals surface area contributed by atoms with Crippen LogP contribution in [0.3, 0.4) is 0 Å². The fraction of sp³-hybridized carbons (Fsp3) is 0.238. The zero-order valence-electron chi connectivity index (χ0n) is 14.9. The molecule has 5 nitrogen and oxygen atoms in total. The lowest BCUT2D eigenvalue weighted by Crippen LogP contribution is -2.36. The molecule has 0 saturated carbocycles. The van der Waals surface area contributed by atoms with Crippen LogP contribution in [-0.2, 0) is 27.5 Å². The Morgan fingerprint density at radius 2 is 1.65 bits per heavy atom. The van der Waals surface area contributed by atoms with Crippen molar-refractivity contribution in [1.82, 2.24) is 10.6 Å². The number of hydrogen-bond donors (Lipinski definition) is 2. The van der Waals surface area contributed by atoms with E-state index >= 15 is 0 Å². The molecule has 0 heterocycles. The van der Waals surface area contributed by atoms with Gasteiger partial charge in [0.1, 0.15) is 0 Å². The monoisotopic (exact) mass is 352 g/mol. The van der Waals surface area contributed by atoms with Gasteiger partial charge in [-0.25, -0.2) is 0 Å². The highest BCUT2D eigenvalue weighted by atomic mass is 16.5. The van der Waals surface area contributed by atoms with Crippen LogP contribution in [0, 0.1) is 0 Å². The first-order chi connectivity index (χ1) is 12.7. The highest BCUT2D eigenvalue weighted by Crippen LogP contribution is 2.09. The molecule has 0 aliphatic rings. The van der Waals surface area contributed by atoms with Crippen molar-refractivity contribution in [3.05, 3.63) is 77.4 Å². The van der Waals surface area contributed by atoms with Crippen LogP contribution >= 0.6 is 0 Å². The van der Waals surface area contributed by atoms with Crippen LogP contribution in [0.25, 0.3) is 6.08 Å². The Balaban J connectivity index is 1.75. The minimum atomic E-state index is -0.305. The van der Waals surface area contributed by atoms with Crippen molar-refractivity contribution in [3.63, 3.8) is 0 Å². The first kappa shape index (κ1) is 19.4. The van der Waals surface area contributed by atoms with Gasteiger partial charge in [0.25, 0.3) is 0 Å². The van der Waals surface area contributed by atoms with E-state index in [-0.39, 0.29) is 18.4 Å². The molecule has 0 spiro atoms. The van der Waals surface area contributed by atoms with Gasteiger partial charge >= 0.3 is 0 Å². The lowest BCUT2D eigenvalue weighted by molar-refractivity contribution is -0.124. The number of amides is 2. The fourth-order valence-electron chi connectivity index (χ4n) is 2.30. The molecular formula is C21H24N2O3. The van der Waals surface area contributed by atoms with Gasteiger partial charge in [-0.05, 0) is 29.7 Å². The van der Waals surface area contributed by atoms with Gasteiger partial charge in [-0.15, -0.1) is 0 Å². The third kappa shape index (κ3) is 6.91. The van der Waals surface area contributed by atoms with Crippen molar-refractivity contribution >= 4 is 17.9 Å². The maximum Gasteiger partial charge on any atom is 0.244 e. The minimum absolute atomic E-state index is 0.0639. The van der Waals surface area contributed by atoms with Gasteiger partial charge < -0.3 is 15.4 Å². The summed E-state index contributed by atoms with van der Waals surface area (Å²) in [6, 6.07) is 17.3. The summed E-state index contributed by atoms with van der Waals surface area (Å²) in [5.74, 6) is -0.543. The first-order valence-electron chi connectivity index (χ1n) is 8.61. The molecule has 0 bridgehead atoms. The quantitative estimate of drug-likeness (QED) is 0.682. The Hall–Kier alpha value is -2.92. The van der Waals surface area contributed by atoms with E-state index in [1.807, 2.05) is 61.5 Å². The van der Waals surface area contributed by atoms with Gasteiger partial charge in [0.05, 0.1) is 13.2 Å².